The number of methoxy groups -OCH3 is 1. The molecule has 3 amide bonds. The van der Waals surface area contributed by atoms with E-state index < -0.39 is 29.5 Å². The first-order chi connectivity index (χ1) is 19.6. The number of pyridine rings is 1. The van der Waals surface area contributed by atoms with Crippen molar-refractivity contribution in [2.45, 2.75) is 45.8 Å². The number of rotatable bonds is 9. The number of amides is 3. The molecule has 2 fully saturated rings. The first kappa shape index (κ1) is 28.4. The highest BCUT2D eigenvalue weighted by atomic mass is 35.5. The number of aryl methyl sites for hydroxylation is 1. The molecule has 3 aromatic rings. The summed E-state index contributed by atoms with van der Waals surface area (Å²) in [6.07, 6.45) is 0.377. The van der Waals surface area contributed by atoms with Gasteiger partial charge in [-0.3, -0.25) is 19.4 Å². The number of ether oxygens (including phenoxy) is 2. The summed E-state index contributed by atoms with van der Waals surface area (Å²) in [5.41, 5.74) is 0.889. The summed E-state index contributed by atoms with van der Waals surface area (Å²) in [4.78, 5) is 46.6. The standard InChI is InChI=1S/C30H30ClFN4O5/c1-18-22(32)5-4-6-23(18)41-24-11-12-25(33-19(24)2)34-26-15-27(37)36(17-30(13-14-30)28(38)40-3)29(39)35(26)16-20-7-9-21(31)10-8-20/h4-12,26H,13-17H2,1-3H3,(H,33,34). The van der Waals surface area contributed by atoms with E-state index in [4.69, 9.17) is 21.1 Å². The molecule has 2 aliphatic rings. The average molecular weight is 581 g/mol. The van der Waals surface area contributed by atoms with Crippen LogP contribution in [-0.2, 0) is 20.9 Å². The van der Waals surface area contributed by atoms with Crippen LogP contribution in [0.25, 0.3) is 0 Å². The van der Waals surface area contributed by atoms with Crippen LogP contribution in [0.5, 0.6) is 11.5 Å². The van der Waals surface area contributed by atoms with Crippen molar-refractivity contribution in [1.82, 2.24) is 14.8 Å². The first-order valence-electron chi connectivity index (χ1n) is 13.2. The number of hydrogen-bond donors (Lipinski definition) is 1. The van der Waals surface area contributed by atoms with E-state index in [1.807, 2.05) is 12.1 Å². The van der Waals surface area contributed by atoms with Gasteiger partial charge in [-0.25, -0.2) is 14.2 Å². The lowest BCUT2D eigenvalue weighted by molar-refractivity contribution is -0.148. The number of halogens is 2. The van der Waals surface area contributed by atoms with Crippen LogP contribution in [0.3, 0.4) is 0 Å². The third-order valence-electron chi connectivity index (χ3n) is 7.51. The van der Waals surface area contributed by atoms with Crippen LogP contribution in [-0.4, -0.2) is 52.5 Å². The van der Waals surface area contributed by atoms with Crippen molar-refractivity contribution in [3.63, 3.8) is 0 Å². The van der Waals surface area contributed by atoms with Gasteiger partial charge in [0.05, 0.1) is 24.6 Å². The quantitative estimate of drug-likeness (QED) is 0.318. The lowest BCUT2D eigenvalue weighted by Crippen LogP contribution is -2.60. The lowest BCUT2D eigenvalue weighted by atomic mass is 10.1. The van der Waals surface area contributed by atoms with E-state index in [2.05, 4.69) is 10.3 Å². The van der Waals surface area contributed by atoms with Crippen molar-refractivity contribution in [3.8, 4) is 11.5 Å². The zero-order valence-corrected chi connectivity index (χ0v) is 23.7. The Kier molecular flexibility index (Phi) is 7.86. The third-order valence-corrected chi connectivity index (χ3v) is 7.76. The number of nitrogens with one attached hydrogen (secondary N) is 1. The first-order valence-corrected chi connectivity index (χ1v) is 13.6. The number of urea groups is 1. The summed E-state index contributed by atoms with van der Waals surface area (Å²) < 4.78 is 24.8. The normalized spacial score (nSPS) is 17.8. The lowest BCUT2D eigenvalue weighted by Gasteiger charge is -2.41. The molecule has 1 N–H and O–H groups in total. The van der Waals surface area contributed by atoms with Crippen LogP contribution in [0.15, 0.2) is 54.6 Å². The Morgan fingerprint density at radius 3 is 2.49 bits per heavy atom. The van der Waals surface area contributed by atoms with Crippen molar-refractivity contribution < 1.29 is 28.2 Å². The van der Waals surface area contributed by atoms with Crippen LogP contribution < -0.4 is 10.1 Å². The zero-order chi connectivity index (χ0) is 29.3. The Morgan fingerprint density at radius 1 is 1.10 bits per heavy atom. The Labute approximate surface area is 242 Å². The van der Waals surface area contributed by atoms with Gasteiger partial charge in [-0.15, -0.1) is 0 Å². The average Bonchev–Trinajstić information content (AvgIpc) is 3.74. The molecule has 2 heterocycles. The van der Waals surface area contributed by atoms with Gasteiger partial charge in [0.2, 0.25) is 5.91 Å². The zero-order valence-electron chi connectivity index (χ0n) is 22.9. The third kappa shape index (κ3) is 5.97. The van der Waals surface area contributed by atoms with Gasteiger partial charge in [0.15, 0.2) is 0 Å². The molecule has 1 aliphatic heterocycles. The number of imide groups is 1. The maximum Gasteiger partial charge on any atom is 0.328 e. The molecule has 0 bridgehead atoms. The molecular formula is C30H30ClFN4O5. The van der Waals surface area contributed by atoms with Crippen molar-refractivity contribution in [3.05, 3.63) is 82.3 Å². The maximum absolute atomic E-state index is 14.0. The van der Waals surface area contributed by atoms with Crippen LogP contribution in [0.1, 0.15) is 36.1 Å². The molecule has 9 nitrogen and oxygen atoms in total. The summed E-state index contributed by atoms with van der Waals surface area (Å²) in [5.74, 6) is 0.0769. The van der Waals surface area contributed by atoms with E-state index in [0.717, 1.165) is 10.5 Å². The van der Waals surface area contributed by atoms with E-state index >= 15 is 0 Å². The Morgan fingerprint density at radius 2 is 1.83 bits per heavy atom. The smallest absolute Gasteiger partial charge is 0.328 e. The number of benzene rings is 2. The van der Waals surface area contributed by atoms with E-state index in [1.54, 1.807) is 55.1 Å². The molecule has 0 radical (unpaired) electrons. The molecule has 1 saturated carbocycles. The second kappa shape index (κ2) is 11.4. The summed E-state index contributed by atoms with van der Waals surface area (Å²) >= 11 is 6.05. The van der Waals surface area contributed by atoms with Gasteiger partial charge in [-0.05, 0) is 68.7 Å². The van der Waals surface area contributed by atoms with Gasteiger partial charge >= 0.3 is 12.0 Å². The summed E-state index contributed by atoms with van der Waals surface area (Å²) in [5, 5.41) is 3.79. The van der Waals surface area contributed by atoms with E-state index in [0.29, 0.717) is 46.4 Å². The number of nitrogens with zero attached hydrogens (tertiary/aromatic N) is 3. The van der Waals surface area contributed by atoms with Crippen LogP contribution in [0.4, 0.5) is 15.0 Å². The van der Waals surface area contributed by atoms with Gasteiger partial charge in [-0.1, -0.05) is 29.8 Å². The predicted molar refractivity (Wildman–Crippen MR) is 150 cm³/mol. The number of hydrogen-bond acceptors (Lipinski definition) is 7. The van der Waals surface area contributed by atoms with Crippen molar-refractivity contribution in [2.24, 2.45) is 5.41 Å². The van der Waals surface area contributed by atoms with Gasteiger partial charge in [0, 0.05) is 23.7 Å². The second-order valence-electron chi connectivity index (χ2n) is 10.4. The highest BCUT2D eigenvalue weighted by molar-refractivity contribution is 6.30. The van der Waals surface area contributed by atoms with Gasteiger partial charge in [-0.2, -0.15) is 0 Å². The highest BCUT2D eigenvalue weighted by Gasteiger charge is 2.55. The molecule has 41 heavy (non-hydrogen) atoms. The van der Waals surface area contributed by atoms with Gasteiger partial charge in [0.1, 0.15) is 29.3 Å². The number of aromatic nitrogens is 1. The molecule has 0 spiro atoms. The number of carbonyl (C=O) groups excluding carboxylic acids is 3. The predicted octanol–water partition coefficient (Wildman–Crippen LogP) is 5.83. The molecule has 1 saturated heterocycles. The molecule has 214 valence electrons. The van der Waals surface area contributed by atoms with Crippen LogP contribution in [0.2, 0.25) is 5.02 Å². The second-order valence-corrected chi connectivity index (χ2v) is 10.8. The number of anilines is 1. The number of esters is 1. The largest absolute Gasteiger partial charge is 0.469 e. The molecule has 1 aliphatic carbocycles. The summed E-state index contributed by atoms with van der Waals surface area (Å²) in [6, 6.07) is 14.6. The molecule has 5 rings (SSSR count). The molecule has 11 heteroatoms. The fourth-order valence-corrected chi connectivity index (χ4v) is 4.98. The Hall–Kier alpha value is -4.18. The molecule has 2 aromatic carbocycles. The highest BCUT2D eigenvalue weighted by Crippen LogP contribution is 2.48. The Balaban J connectivity index is 1.38. The fraction of sp³-hybridized carbons (Fsp3) is 0.333. The van der Waals surface area contributed by atoms with E-state index in [9.17, 15) is 18.8 Å². The van der Waals surface area contributed by atoms with E-state index in [-0.39, 0.29) is 25.3 Å². The van der Waals surface area contributed by atoms with E-state index in [1.165, 1.54) is 13.2 Å². The van der Waals surface area contributed by atoms with Crippen molar-refractivity contribution in [1.29, 1.82) is 0 Å². The molecule has 1 atom stereocenters. The fourth-order valence-electron chi connectivity index (χ4n) is 4.85. The number of carbonyl (C=O) groups is 3. The van der Waals surface area contributed by atoms with Gasteiger partial charge < -0.3 is 14.8 Å². The topological polar surface area (TPSA) is 101 Å². The van der Waals surface area contributed by atoms with Crippen molar-refractivity contribution >= 4 is 35.3 Å². The molecular weight excluding hydrogens is 551 g/mol. The Bertz CT molecular complexity index is 1490. The van der Waals surface area contributed by atoms with Crippen LogP contribution in [0, 0.1) is 25.1 Å². The summed E-state index contributed by atoms with van der Waals surface area (Å²) in [6.45, 7) is 3.56. The minimum absolute atomic E-state index is 0.0237. The maximum atomic E-state index is 14.0. The monoisotopic (exact) mass is 580 g/mol. The molecule has 1 aromatic heterocycles. The molecule has 1 unspecified atom stereocenters. The van der Waals surface area contributed by atoms with Crippen LogP contribution >= 0.6 is 11.6 Å². The minimum Gasteiger partial charge on any atom is -0.469 e. The minimum atomic E-state index is -0.846. The van der Waals surface area contributed by atoms with Gasteiger partial charge in [0.25, 0.3) is 0 Å². The SMILES string of the molecule is COC(=O)C1(CN2C(=O)CC(Nc3ccc(Oc4cccc(F)c4C)c(C)n3)N(Cc3ccc(Cl)cc3)C2=O)CC1. The summed E-state index contributed by atoms with van der Waals surface area (Å²) in [7, 11) is 1.31. The van der Waals surface area contributed by atoms with Crippen molar-refractivity contribution in [2.75, 3.05) is 19.0 Å².